The lowest BCUT2D eigenvalue weighted by Gasteiger charge is -2.10. The van der Waals surface area contributed by atoms with Gasteiger partial charge in [0.2, 0.25) is 10.0 Å². The fourth-order valence-corrected chi connectivity index (χ4v) is 1.97. The Morgan fingerprint density at radius 3 is 2.46 bits per heavy atom. The molecule has 2 N–H and O–H groups in total. The predicted molar refractivity (Wildman–Crippen MR) is 48.3 cm³/mol. The van der Waals surface area contributed by atoms with E-state index in [9.17, 15) is 8.42 Å². The Morgan fingerprint density at radius 2 is 2.15 bits per heavy atom. The zero-order chi connectivity index (χ0) is 10.5. The van der Waals surface area contributed by atoms with E-state index in [2.05, 4.69) is 4.72 Å². The van der Waals surface area contributed by atoms with E-state index in [4.69, 9.17) is 10.4 Å². The van der Waals surface area contributed by atoms with Crippen molar-refractivity contribution in [3.8, 4) is 6.07 Å². The number of hydrogen-bond donors (Lipinski definition) is 2. The molecule has 13 heavy (non-hydrogen) atoms. The van der Waals surface area contributed by atoms with Gasteiger partial charge in [0.25, 0.3) is 0 Å². The first kappa shape index (κ1) is 12.4. The second-order valence-corrected chi connectivity index (χ2v) is 4.72. The van der Waals surface area contributed by atoms with Crippen LogP contribution in [0.4, 0.5) is 0 Å². The van der Waals surface area contributed by atoms with E-state index in [-0.39, 0.29) is 13.0 Å². The summed E-state index contributed by atoms with van der Waals surface area (Å²) in [6.07, 6.45) is -0.503. The van der Waals surface area contributed by atoms with Crippen LogP contribution in [0.5, 0.6) is 0 Å². The Hall–Kier alpha value is -0.640. The van der Waals surface area contributed by atoms with E-state index in [0.29, 0.717) is 0 Å². The van der Waals surface area contributed by atoms with E-state index in [1.165, 1.54) is 6.92 Å². The fourth-order valence-electron chi connectivity index (χ4n) is 0.717. The Balaban J connectivity index is 4.33. The minimum atomic E-state index is -3.59. The van der Waals surface area contributed by atoms with Gasteiger partial charge in [-0.3, -0.25) is 0 Å². The van der Waals surface area contributed by atoms with Crippen molar-refractivity contribution in [1.29, 1.82) is 5.26 Å². The van der Waals surface area contributed by atoms with Crippen LogP contribution in [0.25, 0.3) is 0 Å². The average Bonchev–Trinajstić information content (AvgIpc) is 2.03. The zero-order valence-electron chi connectivity index (χ0n) is 7.69. The third-order valence-electron chi connectivity index (χ3n) is 1.47. The summed E-state index contributed by atoms with van der Waals surface area (Å²) in [6, 6.07) is 1.68. The number of aliphatic hydroxyl groups is 1. The van der Waals surface area contributed by atoms with Crippen molar-refractivity contribution in [3.63, 3.8) is 0 Å². The van der Waals surface area contributed by atoms with Crippen molar-refractivity contribution >= 4 is 10.0 Å². The third-order valence-corrected chi connectivity index (χ3v) is 3.23. The monoisotopic (exact) mass is 206 g/mol. The van der Waals surface area contributed by atoms with Gasteiger partial charge in [-0.1, -0.05) is 6.92 Å². The van der Waals surface area contributed by atoms with Crippen molar-refractivity contribution in [2.45, 2.75) is 31.6 Å². The molecule has 0 saturated heterocycles. The van der Waals surface area contributed by atoms with Crippen molar-refractivity contribution in [2.24, 2.45) is 0 Å². The van der Waals surface area contributed by atoms with Crippen LogP contribution < -0.4 is 4.72 Å². The van der Waals surface area contributed by atoms with Gasteiger partial charge >= 0.3 is 0 Å². The maximum atomic E-state index is 11.3. The number of aliphatic hydroxyl groups excluding tert-OH is 1. The van der Waals surface area contributed by atoms with Crippen molar-refractivity contribution < 1.29 is 13.5 Å². The molecule has 0 aromatic heterocycles. The second-order valence-electron chi connectivity index (χ2n) is 2.77. The highest BCUT2D eigenvalue weighted by Crippen LogP contribution is 2.02. The first-order valence-corrected chi connectivity index (χ1v) is 5.54. The molecule has 76 valence electrons. The highest BCUT2D eigenvalue weighted by Gasteiger charge is 2.22. The highest BCUT2D eigenvalue weighted by molar-refractivity contribution is 7.90. The molecule has 2 atom stereocenters. The molecule has 0 rings (SSSR count). The van der Waals surface area contributed by atoms with Crippen LogP contribution >= 0.6 is 0 Å². The molecule has 0 amide bonds. The van der Waals surface area contributed by atoms with E-state index in [0.717, 1.165) is 0 Å². The van der Waals surface area contributed by atoms with Gasteiger partial charge in [0.1, 0.15) is 0 Å². The standard InChI is InChI=1S/C7H14N2O3S/c1-3-7(4-8)13(11,12)9-5-6(2)10/h6-7,9-10H,3,5H2,1-2H3. The molecule has 6 heteroatoms. The van der Waals surface area contributed by atoms with Gasteiger partial charge < -0.3 is 5.11 Å². The molecule has 2 unspecified atom stereocenters. The minimum Gasteiger partial charge on any atom is -0.392 e. The number of nitrogens with one attached hydrogen (secondary N) is 1. The molecule has 5 nitrogen and oxygen atoms in total. The highest BCUT2D eigenvalue weighted by atomic mass is 32.2. The van der Waals surface area contributed by atoms with Crippen molar-refractivity contribution in [3.05, 3.63) is 0 Å². The van der Waals surface area contributed by atoms with Crippen molar-refractivity contribution in [2.75, 3.05) is 6.54 Å². The fraction of sp³-hybridized carbons (Fsp3) is 0.857. The summed E-state index contributed by atoms with van der Waals surface area (Å²) in [6.45, 7) is 3.03. The zero-order valence-corrected chi connectivity index (χ0v) is 8.50. The predicted octanol–water partition coefficient (Wildman–Crippen LogP) is -0.411. The van der Waals surface area contributed by atoms with Crippen LogP contribution in [-0.4, -0.2) is 31.4 Å². The van der Waals surface area contributed by atoms with E-state index < -0.39 is 21.4 Å². The van der Waals surface area contributed by atoms with Crippen LogP contribution in [0.15, 0.2) is 0 Å². The smallest absolute Gasteiger partial charge is 0.228 e. The molecular formula is C7H14N2O3S. The van der Waals surface area contributed by atoms with E-state index >= 15 is 0 Å². The average molecular weight is 206 g/mol. The molecular weight excluding hydrogens is 192 g/mol. The molecule has 0 aromatic rings. The quantitative estimate of drug-likeness (QED) is 0.639. The number of nitrogens with zero attached hydrogens (tertiary/aromatic N) is 1. The summed E-state index contributed by atoms with van der Waals surface area (Å²) in [5.74, 6) is 0. The summed E-state index contributed by atoms with van der Waals surface area (Å²) in [4.78, 5) is 0. The largest absolute Gasteiger partial charge is 0.392 e. The molecule has 0 aliphatic carbocycles. The Morgan fingerprint density at radius 1 is 1.62 bits per heavy atom. The summed E-state index contributed by atoms with van der Waals surface area (Å²) >= 11 is 0. The van der Waals surface area contributed by atoms with Gasteiger partial charge in [-0.25, -0.2) is 13.1 Å². The summed E-state index contributed by atoms with van der Waals surface area (Å²) in [5, 5.41) is 16.3. The van der Waals surface area contributed by atoms with Crippen LogP contribution in [-0.2, 0) is 10.0 Å². The Kier molecular flexibility index (Phi) is 4.91. The van der Waals surface area contributed by atoms with E-state index in [1.807, 2.05) is 0 Å². The van der Waals surface area contributed by atoms with Crippen LogP contribution in [0.1, 0.15) is 20.3 Å². The maximum Gasteiger partial charge on any atom is 0.228 e. The molecule has 0 aliphatic heterocycles. The van der Waals surface area contributed by atoms with Gasteiger partial charge in [-0.2, -0.15) is 5.26 Å². The van der Waals surface area contributed by atoms with Gasteiger partial charge in [0.05, 0.1) is 12.2 Å². The summed E-state index contributed by atoms with van der Waals surface area (Å²) < 4.78 is 24.7. The third kappa shape index (κ3) is 4.22. The molecule has 0 heterocycles. The lowest BCUT2D eigenvalue weighted by molar-refractivity contribution is 0.198. The summed E-state index contributed by atoms with van der Waals surface area (Å²) in [7, 11) is -3.59. The molecule has 0 aromatic carbocycles. The number of rotatable bonds is 5. The van der Waals surface area contributed by atoms with Gasteiger partial charge in [-0.15, -0.1) is 0 Å². The molecule has 0 saturated carbocycles. The first-order chi connectivity index (χ1) is 5.94. The number of nitriles is 1. The SMILES string of the molecule is CCC(C#N)S(=O)(=O)NCC(C)O. The summed E-state index contributed by atoms with van der Waals surface area (Å²) in [5.41, 5.74) is 0. The number of hydrogen-bond acceptors (Lipinski definition) is 4. The van der Waals surface area contributed by atoms with E-state index in [1.54, 1.807) is 13.0 Å². The van der Waals surface area contributed by atoms with Gasteiger partial charge in [0.15, 0.2) is 5.25 Å². The lowest BCUT2D eigenvalue weighted by atomic mass is 10.4. The van der Waals surface area contributed by atoms with Crippen LogP contribution in [0.3, 0.4) is 0 Å². The first-order valence-electron chi connectivity index (χ1n) is 4.00. The number of sulfonamides is 1. The molecule has 0 aliphatic rings. The van der Waals surface area contributed by atoms with Crippen LogP contribution in [0.2, 0.25) is 0 Å². The molecule has 0 radical (unpaired) electrons. The van der Waals surface area contributed by atoms with Gasteiger partial charge in [-0.05, 0) is 13.3 Å². The van der Waals surface area contributed by atoms with Gasteiger partial charge in [0, 0.05) is 6.54 Å². The normalized spacial score (nSPS) is 16.2. The maximum absolute atomic E-state index is 11.3. The molecule has 0 fully saturated rings. The molecule has 0 spiro atoms. The Bertz CT molecular complexity index is 279. The second kappa shape index (κ2) is 5.17. The Labute approximate surface area is 78.4 Å². The molecule has 0 bridgehead atoms. The van der Waals surface area contributed by atoms with Crippen LogP contribution in [0, 0.1) is 11.3 Å². The minimum absolute atomic E-state index is 0.0550. The lowest BCUT2D eigenvalue weighted by Crippen LogP contribution is -2.37. The van der Waals surface area contributed by atoms with Crippen molar-refractivity contribution in [1.82, 2.24) is 4.72 Å². The topological polar surface area (TPSA) is 90.2 Å².